The number of benzene rings is 1. The number of nitrogens with zero attached hydrogens (tertiary/aromatic N) is 4. The van der Waals surface area contributed by atoms with Crippen molar-refractivity contribution >= 4 is 17.4 Å². The van der Waals surface area contributed by atoms with Gasteiger partial charge in [0.25, 0.3) is 0 Å². The van der Waals surface area contributed by atoms with Gasteiger partial charge in [-0.3, -0.25) is 9.36 Å². The third-order valence-electron chi connectivity index (χ3n) is 3.40. The van der Waals surface area contributed by atoms with E-state index in [1.165, 1.54) is 11.5 Å². The Morgan fingerprint density at radius 1 is 1.27 bits per heavy atom. The summed E-state index contributed by atoms with van der Waals surface area (Å²) in [5.74, 6) is 0.964. The van der Waals surface area contributed by atoms with Crippen LogP contribution < -0.4 is 0 Å². The number of likely N-dealkylation sites (N-methyl/N-ethyl adjacent to an activating group) is 1. The van der Waals surface area contributed by atoms with Crippen LogP contribution in [-0.4, -0.2) is 38.8 Å². The smallest absolute Gasteiger partial charge is 0.226 e. The van der Waals surface area contributed by atoms with Gasteiger partial charge in [0, 0.05) is 43.1 Å². The molecule has 112 valence electrons. The van der Waals surface area contributed by atoms with Crippen LogP contribution in [0.2, 0.25) is 0 Å². The van der Waals surface area contributed by atoms with Gasteiger partial charge in [-0.1, -0.05) is 12.1 Å². The summed E-state index contributed by atoms with van der Waals surface area (Å²) in [6.45, 7) is 0. The number of carbonyl (C=O) groups excluding carboxylic acids is 1. The zero-order valence-electron chi connectivity index (χ0n) is 12.4. The summed E-state index contributed by atoms with van der Waals surface area (Å²) in [5.41, 5.74) is 3.02. The lowest BCUT2D eigenvalue weighted by molar-refractivity contribution is -0.127. The van der Waals surface area contributed by atoms with Crippen molar-refractivity contribution in [1.82, 2.24) is 18.8 Å². The number of hydrogen-bond donors (Lipinski definition) is 0. The summed E-state index contributed by atoms with van der Waals surface area (Å²) in [6, 6.07) is 7.96. The number of hydrogen-bond acceptors (Lipinski definition) is 4. The SMILES string of the molecule is CN(C)C(=O)Cc1ccc(-n2ccnc2-c2cnsc2)cc1. The topological polar surface area (TPSA) is 51.0 Å². The molecular weight excluding hydrogens is 296 g/mol. The first-order chi connectivity index (χ1) is 10.6. The van der Waals surface area contributed by atoms with Crippen LogP contribution in [0.25, 0.3) is 17.1 Å². The summed E-state index contributed by atoms with van der Waals surface area (Å²) < 4.78 is 6.14. The molecule has 1 amide bonds. The fraction of sp³-hybridized carbons (Fsp3) is 0.188. The Kier molecular flexibility index (Phi) is 4.02. The van der Waals surface area contributed by atoms with Crippen LogP contribution in [0.15, 0.2) is 48.2 Å². The first-order valence-corrected chi connectivity index (χ1v) is 7.71. The maximum Gasteiger partial charge on any atom is 0.226 e. The Labute approximate surface area is 133 Å². The van der Waals surface area contributed by atoms with Crippen LogP contribution in [0.3, 0.4) is 0 Å². The highest BCUT2D eigenvalue weighted by Crippen LogP contribution is 2.22. The normalized spacial score (nSPS) is 10.6. The number of amides is 1. The van der Waals surface area contributed by atoms with Gasteiger partial charge in [0.15, 0.2) is 0 Å². The lowest BCUT2D eigenvalue weighted by Gasteiger charge is -2.11. The first kappa shape index (κ1) is 14.5. The van der Waals surface area contributed by atoms with Crippen molar-refractivity contribution in [2.45, 2.75) is 6.42 Å². The van der Waals surface area contributed by atoms with Gasteiger partial charge in [-0.25, -0.2) is 9.36 Å². The van der Waals surface area contributed by atoms with Crippen LogP contribution in [0.1, 0.15) is 5.56 Å². The van der Waals surface area contributed by atoms with Crippen molar-refractivity contribution in [3.63, 3.8) is 0 Å². The zero-order chi connectivity index (χ0) is 15.5. The van der Waals surface area contributed by atoms with Gasteiger partial charge >= 0.3 is 0 Å². The quantitative estimate of drug-likeness (QED) is 0.744. The summed E-state index contributed by atoms with van der Waals surface area (Å²) >= 11 is 1.41. The van der Waals surface area contributed by atoms with E-state index in [-0.39, 0.29) is 5.91 Å². The number of aromatic nitrogens is 3. The predicted molar refractivity (Wildman–Crippen MR) is 87.1 cm³/mol. The van der Waals surface area contributed by atoms with E-state index >= 15 is 0 Å². The molecule has 6 heteroatoms. The standard InChI is InChI=1S/C16H16N4OS/c1-19(2)15(21)9-12-3-5-14(6-4-12)20-8-7-17-16(20)13-10-18-22-11-13/h3-8,10-11H,9H2,1-2H3. The van der Waals surface area contributed by atoms with Gasteiger partial charge in [-0.15, -0.1) is 0 Å². The van der Waals surface area contributed by atoms with Crippen LogP contribution in [0.5, 0.6) is 0 Å². The van der Waals surface area contributed by atoms with Crippen molar-refractivity contribution in [2.24, 2.45) is 0 Å². The van der Waals surface area contributed by atoms with E-state index in [0.717, 1.165) is 22.6 Å². The van der Waals surface area contributed by atoms with Gasteiger partial charge in [0.05, 0.1) is 12.6 Å². The average molecular weight is 312 g/mol. The number of carbonyl (C=O) groups is 1. The molecular formula is C16H16N4OS. The summed E-state index contributed by atoms with van der Waals surface area (Å²) in [5, 5.41) is 1.98. The minimum absolute atomic E-state index is 0.0976. The van der Waals surface area contributed by atoms with Crippen LogP contribution >= 0.6 is 11.5 Å². The first-order valence-electron chi connectivity index (χ1n) is 6.88. The van der Waals surface area contributed by atoms with E-state index in [1.54, 1.807) is 25.2 Å². The Balaban J connectivity index is 1.85. The third kappa shape index (κ3) is 2.92. The molecule has 0 aliphatic rings. The van der Waals surface area contributed by atoms with Crippen LogP contribution in [-0.2, 0) is 11.2 Å². The maximum absolute atomic E-state index is 11.7. The van der Waals surface area contributed by atoms with E-state index in [2.05, 4.69) is 9.36 Å². The lowest BCUT2D eigenvalue weighted by atomic mass is 10.1. The molecule has 0 fully saturated rings. The molecule has 1 aromatic carbocycles. The van der Waals surface area contributed by atoms with E-state index in [9.17, 15) is 4.79 Å². The number of rotatable bonds is 4. The average Bonchev–Trinajstić information content (AvgIpc) is 3.18. The second-order valence-corrected chi connectivity index (χ2v) is 5.82. The van der Waals surface area contributed by atoms with Gasteiger partial charge in [-0.2, -0.15) is 0 Å². The molecule has 2 aromatic heterocycles. The monoisotopic (exact) mass is 312 g/mol. The molecule has 0 aliphatic carbocycles. The molecule has 0 N–H and O–H groups in total. The maximum atomic E-state index is 11.7. The Morgan fingerprint density at radius 3 is 2.68 bits per heavy atom. The molecule has 2 heterocycles. The minimum Gasteiger partial charge on any atom is -0.349 e. The molecule has 5 nitrogen and oxygen atoms in total. The van der Waals surface area contributed by atoms with Gasteiger partial charge < -0.3 is 4.90 Å². The van der Waals surface area contributed by atoms with Crippen molar-refractivity contribution < 1.29 is 4.79 Å². The molecule has 0 radical (unpaired) electrons. The second-order valence-electron chi connectivity index (χ2n) is 5.17. The van der Waals surface area contributed by atoms with Crippen LogP contribution in [0.4, 0.5) is 0 Å². The molecule has 0 bridgehead atoms. The molecule has 3 rings (SSSR count). The molecule has 22 heavy (non-hydrogen) atoms. The summed E-state index contributed by atoms with van der Waals surface area (Å²) in [7, 11) is 3.53. The summed E-state index contributed by atoms with van der Waals surface area (Å²) in [6.07, 6.45) is 5.93. The Morgan fingerprint density at radius 2 is 2.05 bits per heavy atom. The highest BCUT2D eigenvalue weighted by atomic mass is 32.1. The third-order valence-corrected chi connectivity index (χ3v) is 3.99. The highest BCUT2D eigenvalue weighted by molar-refractivity contribution is 7.03. The van der Waals surface area contributed by atoms with Crippen molar-refractivity contribution in [3.05, 3.63) is 53.8 Å². The molecule has 0 spiro atoms. The molecule has 0 atom stereocenters. The van der Waals surface area contributed by atoms with Crippen molar-refractivity contribution in [1.29, 1.82) is 0 Å². The molecule has 0 saturated heterocycles. The van der Waals surface area contributed by atoms with E-state index in [0.29, 0.717) is 6.42 Å². The predicted octanol–water partition coefficient (Wildman–Crippen LogP) is 2.63. The van der Waals surface area contributed by atoms with Crippen molar-refractivity contribution in [3.8, 4) is 17.1 Å². The second kappa shape index (κ2) is 6.11. The Bertz CT molecular complexity index is 760. The highest BCUT2D eigenvalue weighted by Gasteiger charge is 2.10. The number of imidazole rings is 1. The van der Waals surface area contributed by atoms with Gasteiger partial charge in [-0.05, 0) is 29.2 Å². The largest absolute Gasteiger partial charge is 0.349 e. The fourth-order valence-corrected chi connectivity index (χ4v) is 2.66. The minimum atomic E-state index is 0.0976. The Hall–Kier alpha value is -2.47. The molecule has 0 saturated carbocycles. The molecule has 0 aliphatic heterocycles. The van der Waals surface area contributed by atoms with E-state index < -0.39 is 0 Å². The van der Waals surface area contributed by atoms with Crippen molar-refractivity contribution in [2.75, 3.05) is 14.1 Å². The van der Waals surface area contributed by atoms with E-state index in [4.69, 9.17) is 0 Å². The van der Waals surface area contributed by atoms with E-state index in [1.807, 2.05) is 46.6 Å². The lowest BCUT2D eigenvalue weighted by Crippen LogP contribution is -2.23. The van der Waals surface area contributed by atoms with Crippen LogP contribution in [0, 0.1) is 0 Å². The fourth-order valence-electron chi connectivity index (χ4n) is 2.15. The molecule has 0 unspecified atom stereocenters. The van der Waals surface area contributed by atoms with Gasteiger partial charge in [0.2, 0.25) is 5.91 Å². The zero-order valence-corrected chi connectivity index (χ0v) is 13.2. The summed E-state index contributed by atoms with van der Waals surface area (Å²) in [4.78, 5) is 17.7. The van der Waals surface area contributed by atoms with Gasteiger partial charge in [0.1, 0.15) is 5.82 Å². The molecule has 3 aromatic rings.